The van der Waals surface area contributed by atoms with Crippen LogP contribution in [-0.4, -0.2) is 17.9 Å². The lowest BCUT2D eigenvalue weighted by atomic mass is 9.70. The Bertz CT molecular complexity index is 635. The Hall–Kier alpha value is -1.29. The molecular formula is C19H26N2OS. The molecule has 1 N–H and O–H groups in total. The molecular weight excluding hydrogens is 304 g/mol. The van der Waals surface area contributed by atoms with Crippen molar-refractivity contribution in [3.63, 3.8) is 0 Å². The van der Waals surface area contributed by atoms with Crippen molar-refractivity contribution in [2.45, 2.75) is 45.8 Å². The van der Waals surface area contributed by atoms with Gasteiger partial charge in [-0.15, -0.1) is 0 Å². The number of hydrogen-bond donors (Lipinski definition) is 1. The molecule has 0 aromatic heterocycles. The minimum atomic E-state index is -0.114. The molecule has 1 aromatic rings. The lowest BCUT2D eigenvalue weighted by Gasteiger charge is -2.34. The molecule has 2 aliphatic carbocycles. The van der Waals surface area contributed by atoms with Gasteiger partial charge in [0, 0.05) is 22.4 Å². The summed E-state index contributed by atoms with van der Waals surface area (Å²) < 4.78 is 0. The van der Waals surface area contributed by atoms with Crippen LogP contribution in [0.3, 0.4) is 0 Å². The van der Waals surface area contributed by atoms with Gasteiger partial charge < -0.3 is 0 Å². The molecule has 4 heteroatoms. The summed E-state index contributed by atoms with van der Waals surface area (Å²) in [6.45, 7) is 7.00. The van der Waals surface area contributed by atoms with E-state index in [1.165, 1.54) is 24.1 Å². The molecule has 1 amide bonds. The minimum Gasteiger partial charge on any atom is -0.267 e. The highest BCUT2D eigenvalue weighted by molar-refractivity contribution is 7.97. The summed E-state index contributed by atoms with van der Waals surface area (Å²) in [5, 5.41) is 4.52. The molecule has 2 bridgehead atoms. The van der Waals surface area contributed by atoms with Gasteiger partial charge in [0.25, 0.3) is 5.91 Å². The number of amides is 1. The highest BCUT2D eigenvalue weighted by atomic mass is 32.2. The molecule has 2 aliphatic rings. The highest BCUT2D eigenvalue weighted by Crippen LogP contribution is 2.63. The first kappa shape index (κ1) is 16.6. The summed E-state index contributed by atoms with van der Waals surface area (Å²) in [4.78, 5) is 12.3. The van der Waals surface area contributed by atoms with E-state index >= 15 is 0 Å². The normalized spacial score (nSPS) is 29.9. The SMILES string of the molecule is CSCc1ccc(C(=O)N/N=C2/C[C@@H]3CC[C@@]2(C)C3(C)C)cc1. The lowest BCUT2D eigenvalue weighted by molar-refractivity contribution is 0.0954. The summed E-state index contributed by atoms with van der Waals surface area (Å²) >= 11 is 1.78. The van der Waals surface area contributed by atoms with E-state index < -0.39 is 0 Å². The molecule has 0 heterocycles. The second-order valence-corrected chi connectivity index (χ2v) is 8.49. The number of nitrogens with zero attached hydrogens (tertiary/aromatic N) is 1. The van der Waals surface area contributed by atoms with Crippen molar-refractivity contribution in [2.24, 2.45) is 21.8 Å². The van der Waals surface area contributed by atoms with Gasteiger partial charge in [0.2, 0.25) is 0 Å². The number of benzene rings is 1. The summed E-state index contributed by atoms with van der Waals surface area (Å²) in [5.74, 6) is 1.56. The third kappa shape index (κ3) is 2.71. The molecule has 1 aromatic carbocycles. The third-order valence-electron chi connectivity index (χ3n) is 6.33. The van der Waals surface area contributed by atoms with Crippen molar-refractivity contribution in [2.75, 3.05) is 6.26 Å². The monoisotopic (exact) mass is 330 g/mol. The number of rotatable bonds is 4. The Labute approximate surface area is 143 Å². The van der Waals surface area contributed by atoms with Gasteiger partial charge in [-0.1, -0.05) is 32.9 Å². The number of hydrazone groups is 1. The maximum Gasteiger partial charge on any atom is 0.271 e. The Balaban J connectivity index is 1.70. The van der Waals surface area contributed by atoms with E-state index in [9.17, 15) is 4.79 Å². The number of carbonyl (C=O) groups excluding carboxylic acids is 1. The molecule has 0 aliphatic heterocycles. The molecule has 2 saturated carbocycles. The van der Waals surface area contributed by atoms with Crippen molar-refractivity contribution in [3.05, 3.63) is 35.4 Å². The molecule has 124 valence electrons. The predicted octanol–water partition coefficient (Wildman–Crippen LogP) is 4.48. The molecule has 3 rings (SSSR count). The number of carbonyl (C=O) groups is 1. The average molecular weight is 330 g/mol. The van der Waals surface area contributed by atoms with E-state index in [1.54, 1.807) is 11.8 Å². The molecule has 23 heavy (non-hydrogen) atoms. The first-order chi connectivity index (χ1) is 10.9. The topological polar surface area (TPSA) is 41.5 Å². The second-order valence-electron chi connectivity index (χ2n) is 7.62. The smallest absolute Gasteiger partial charge is 0.267 e. The highest BCUT2D eigenvalue weighted by Gasteiger charge is 2.59. The molecule has 0 spiro atoms. The van der Waals surface area contributed by atoms with Gasteiger partial charge in [-0.3, -0.25) is 4.79 Å². The van der Waals surface area contributed by atoms with Gasteiger partial charge >= 0.3 is 0 Å². The molecule has 2 atom stereocenters. The predicted molar refractivity (Wildman–Crippen MR) is 97.8 cm³/mol. The largest absolute Gasteiger partial charge is 0.271 e. The second kappa shape index (κ2) is 5.97. The third-order valence-corrected chi connectivity index (χ3v) is 6.95. The van der Waals surface area contributed by atoms with Crippen molar-refractivity contribution in [3.8, 4) is 0 Å². The van der Waals surface area contributed by atoms with Crippen LogP contribution in [0, 0.1) is 16.7 Å². The van der Waals surface area contributed by atoms with Crippen LogP contribution in [-0.2, 0) is 5.75 Å². The molecule has 2 fully saturated rings. The quantitative estimate of drug-likeness (QED) is 0.827. The number of hydrogen-bond acceptors (Lipinski definition) is 3. The summed E-state index contributed by atoms with van der Waals surface area (Å²) in [6, 6.07) is 7.79. The molecule has 0 unspecified atom stereocenters. The lowest BCUT2D eigenvalue weighted by Crippen LogP contribution is -2.34. The van der Waals surface area contributed by atoms with E-state index in [1.807, 2.05) is 24.3 Å². The van der Waals surface area contributed by atoms with Gasteiger partial charge in [0.05, 0.1) is 0 Å². The van der Waals surface area contributed by atoms with Gasteiger partial charge in [0.15, 0.2) is 0 Å². The van der Waals surface area contributed by atoms with Crippen LogP contribution in [0.25, 0.3) is 0 Å². The van der Waals surface area contributed by atoms with Crippen LogP contribution in [0.1, 0.15) is 56.0 Å². The fourth-order valence-electron chi connectivity index (χ4n) is 4.20. The van der Waals surface area contributed by atoms with Gasteiger partial charge in [0.1, 0.15) is 0 Å². The summed E-state index contributed by atoms with van der Waals surface area (Å²) in [7, 11) is 0. The number of nitrogens with one attached hydrogen (secondary N) is 1. The van der Waals surface area contributed by atoms with Crippen molar-refractivity contribution < 1.29 is 4.79 Å². The van der Waals surface area contributed by atoms with Crippen LogP contribution >= 0.6 is 11.8 Å². The molecule has 0 saturated heterocycles. The van der Waals surface area contributed by atoms with E-state index in [2.05, 4.69) is 37.6 Å². The molecule has 0 radical (unpaired) electrons. The van der Waals surface area contributed by atoms with E-state index in [4.69, 9.17) is 0 Å². The Morgan fingerprint density at radius 2 is 2.00 bits per heavy atom. The van der Waals surface area contributed by atoms with Crippen LogP contribution in [0.2, 0.25) is 0 Å². The zero-order chi connectivity index (χ0) is 16.7. The number of thioether (sulfide) groups is 1. The van der Waals surface area contributed by atoms with E-state index in [0.29, 0.717) is 11.5 Å². The van der Waals surface area contributed by atoms with Crippen LogP contribution in [0.4, 0.5) is 0 Å². The van der Waals surface area contributed by atoms with E-state index in [0.717, 1.165) is 12.2 Å². The first-order valence-corrected chi connectivity index (χ1v) is 9.73. The summed E-state index contributed by atoms with van der Waals surface area (Å²) in [6.07, 6.45) is 5.57. The van der Waals surface area contributed by atoms with Gasteiger partial charge in [-0.2, -0.15) is 16.9 Å². The van der Waals surface area contributed by atoms with Crippen molar-refractivity contribution in [1.29, 1.82) is 0 Å². The van der Waals surface area contributed by atoms with Gasteiger partial charge in [-0.05, 0) is 54.5 Å². The van der Waals surface area contributed by atoms with Crippen molar-refractivity contribution in [1.82, 2.24) is 5.43 Å². The Kier molecular flexibility index (Phi) is 4.30. The van der Waals surface area contributed by atoms with Gasteiger partial charge in [-0.25, -0.2) is 5.43 Å². The standard InChI is InChI=1S/C19H26N2OS/c1-18(2)15-9-10-19(18,3)16(11-15)20-21-17(22)14-7-5-13(6-8-14)12-23-4/h5-8,15H,9-12H2,1-4H3,(H,21,22)/b20-16-/t15-,19+/m0/s1. The Morgan fingerprint density at radius 3 is 2.52 bits per heavy atom. The molecule has 3 nitrogen and oxygen atoms in total. The number of fused-ring (bicyclic) bond motifs is 2. The van der Waals surface area contributed by atoms with Crippen LogP contribution < -0.4 is 5.43 Å². The minimum absolute atomic E-state index is 0.114. The maximum absolute atomic E-state index is 12.3. The fourth-order valence-corrected chi connectivity index (χ4v) is 4.73. The van der Waals surface area contributed by atoms with Crippen LogP contribution in [0.15, 0.2) is 29.4 Å². The summed E-state index contributed by atoms with van der Waals surface area (Å²) in [5.41, 5.74) is 6.29. The zero-order valence-corrected chi connectivity index (χ0v) is 15.3. The van der Waals surface area contributed by atoms with Crippen molar-refractivity contribution >= 4 is 23.4 Å². The van der Waals surface area contributed by atoms with E-state index in [-0.39, 0.29) is 16.7 Å². The Morgan fingerprint density at radius 1 is 1.30 bits per heavy atom. The zero-order valence-electron chi connectivity index (χ0n) is 14.5. The first-order valence-electron chi connectivity index (χ1n) is 8.34. The average Bonchev–Trinajstić information content (AvgIpc) is 2.86. The maximum atomic E-state index is 12.3. The van der Waals surface area contributed by atoms with Crippen LogP contribution in [0.5, 0.6) is 0 Å². The fraction of sp³-hybridized carbons (Fsp3) is 0.579.